The van der Waals surface area contributed by atoms with Crippen LogP contribution in [-0.4, -0.2) is 37.7 Å². The fraction of sp³-hybridized carbons (Fsp3) is 0.214. The molecule has 0 aliphatic carbocycles. The van der Waals surface area contributed by atoms with Gasteiger partial charge in [-0.15, -0.1) is 11.3 Å². The van der Waals surface area contributed by atoms with E-state index in [0.29, 0.717) is 17.4 Å². The molecule has 1 aromatic heterocycles. The molecule has 2 heterocycles. The minimum atomic E-state index is -3.70. The van der Waals surface area contributed by atoms with E-state index in [1.165, 1.54) is 41.8 Å². The number of hydrogen-bond donors (Lipinski definition) is 3. The van der Waals surface area contributed by atoms with Gasteiger partial charge < -0.3 is 10.6 Å². The highest BCUT2D eigenvalue weighted by Gasteiger charge is 2.20. The molecule has 10 heteroatoms. The molecule has 0 spiro atoms. The van der Waals surface area contributed by atoms with Gasteiger partial charge in [0.2, 0.25) is 0 Å². The molecule has 2 aromatic rings. The number of aromatic nitrogens is 1. The van der Waals surface area contributed by atoms with Crippen LogP contribution in [0.15, 0.2) is 45.7 Å². The number of nitrogens with one attached hydrogen (secondary N) is 3. The van der Waals surface area contributed by atoms with Gasteiger partial charge in [0.05, 0.1) is 11.4 Å². The number of carbonyl (C=O) groups excluding carboxylic acids is 1. The maximum absolute atomic E-state index is 12.2. The predicted octanol–water partition coefficient (Wildman–Crippen LogP) is 1.27. The summed E-state index contributed by atoms with van der Waals surface area (Å²) in [6.45, 7) is 2.49. The van der Waals surface area contributed by atoms with Crippen molar-refractivity contribution >= 4 is 43.9 Å². The van der Waals surface area contributed by atoms with Gasteiger partial charge in [0.25, 0.3) is 15.9 Å². The van der Waals surface area contributed by atoms with E-state index in [9.17, 15) is 13.2 Å². The average Bonchev–Trinajstić information content (AvgIpc) is 3.19. The second kappa shape index (κ2) is 6.57. The number of sulfonamides is 1. The molecule has 0 radical (unpaired) electrons. The van der Waals surface area contributed by atoms with Crippen LogP contribution in [0, 0.1) is 0 Å². The fourth-order valence-electron chi connectivity index (χ4n) is 2.05. The molecule has 1 amide bonds. The number of nitrogens with zero attached hydrogens (tertiary/aromatic N) is 2. The van der Waals surface area contributed by atoms with Crippen molar-refractivity contribution in [1.82, 2.24) is 10.3 Å². The van der Waals surface area contributed by atoms with E-state index in [0.717, 1.165) is 0 Å². The number of carbonyl (C=O) groups is 1. The van der Waals surface area contributed by atoms with E-state index in [1.807, 2.05) is 6.92 Å². The topological polar surface area (TPSA) is 113 Å². The molecule has 1 unspecified atom stereocenters. The summed E-state index contributed by atoms with van der Waals surface area (Å²) >= 11 is 1.19. The molecule has 3 N–H and O–H groups in total. The molecule has 8 nitrogen and oxygen atoms in total. The van der Waals surface area contributed by atoms with Gasteiger partial charge in [-0.1, -0.05) is 0 Å². The molecule has 0 saturated carbocycles. The number of thiazole rings is 1. The standard InChI is InChI=1S/C14H15N5O3S2/c1-9-8-16-12(17-9)13(20)18-10-2-4-11(5-3-10)24(21,22)19-14-15-6-7-23-14/h2-7,9H,8H2,1H3,(H,15,19)(H,16,17)(H,18,20). The molecule has 1 aromatic carbocycles. The SMILES string of the molecule is CC1CN=C(C(=O)Nc2ccc(S(=O)(=O)Nc3nccs3)cc2)N1. The number of aliphatic imine (C=N–C) groups is 1. The summed E-state index contributed by atoms with van der Waals surface area (Å²) in [5, 5.41) is 7.61. The zero-order valence-electron chi connectivity index (χ0n) is 12.7. The van der Waals surface area contributed by atoms with Crippen molar-refractivity contribution in [3.63, 3.8) is 0 Å². The van der Waals surface area contributed by atoms with Crippen LogP contribution in [0.2, 0.25) is 0 Å². The van der Waals surface area contributed by atoms with Gasteiger partial charge in [-0.25, -0.2) is 13.4 Å². The van der Waals surface area contributed by atoms with E-state index >= 15 is 0 Å². The fourth-order valence-corrected chi connectivity index (χ4v) is 3.83. The van der Waals surface area contributed by atoms with Crippen LogP contribution in [0.1, 0.15) is 6.92 Å². The summed E-state index contributed by atoms with van der Waals surface area (Å²) in [6.07, 6.45) is 1.52. The number of rotatable bonds is 5. The lowest BCUT2D eigenvalue weighted by Gasteiger charge is -2.09. The van der Waals surface area contributed by atoms with Gasteiger partial charge in [0.15, 0.2) is 11.0 Å². The van der Waals surface area contributed by atoms with Crippen molar-refractivity contribution in [3.05, 3.63) is 35.8 Å². The maximum atomic E-state index is 12.2. The summed E-state index contributed by atoms with van der Waals surface area (Å²) in [6, 6.07) is 6.01. The lowest BCUT2D eigenvalue weighted by Crippen LogP contribution is -2.36. The summed E-state index contributed by atoms with van der Waals surface area (Å²) < 4.78 is 26.8. The summed E-state index contributed by atoms with van der Waals surface area (Å²) in [7, 11) is -3.70. The second-order valence-corrected chi connectivity index (χ2v) is 7.73. The van der Waals surface area contributed by atoms with Crippen molar-refractivity contribution in [1.29, 1.82) is 0 Å². The number of amidine groups is 1. The van der Waals surface area contributed by atoms with Crippen LogP contribution < -0.4 is 15.4 Å². The Kier molecular flexibility index (Phi) is 4.49. The first-order chi connectivity index (χ1) is 11.4. The van der Waals surface area contributed by atoms with Gasteiger partial charge in [-0.3, -0.25) is 14.5 Å². The normalized spacial score (nSPS) is 17.0. The zero-order valence-corrected chi connectivity index (χ0v) is 14.3. The highest BCUT2D eigenvalue weighted by molar-refractivity contribution is 7.93. The first-order valence-electron chi connectivity index (χ1n) is 7.09. The zero-order chi connectivity index (χ0) is 17.2. The van der Waals surface area contributed by atoms with E-state index in [4.69, 9.17) is 0 Å². The van der Waals surface area contributed by atoms with Gasteiger partial charge in [-0.2, -0.15) is 0 Å². The molecular formula is C14H15N5O3S2. The first kappa shape index (κ1) is 16.4. The minimum absolute atomic E-state index is 0.0839. The van der Waals surface area contributed by atoms with Crippen molar-refractivity contribution in [3.8, 4) is 0 Å². The van der Waals surface area contributed by atoms with Crippen LogP contribution in [-0.2, 0) is 14.8 Å². The lowest BCUT2D eigenvalue weighted by atomic mass is 10.3. The molecule has 24 heavy (non-hydrogen) atoms. The first-order valence-corrected chi connectivity index (χ1v) is 9.45. The Labute approximate surface area is 143 Å². The Morgan fingerprint density at radius 1 is 1.33 bits per heavy atom. The van der Waals surface area contributed by atoms with Crippen molar-refractivity contribution < 1.29 is 13.2 Å². The Morgan fingerprint density at radius 3 is 2.67 bits per heavy atom. The molecule has 0 fully saturated rings. The number of amides is 1. The molecule has 1 aliphatic heterocycles. The van der Waals surface area contributed by atoms with Crippen LogP contribution in [0.25, 0.3) is 0 Å². The second-order valence-electron chi connectivity index (χ2n) is 5.16. The number of anilines is 2. The summed E-state index contributed by atoms with van der Waals surface area (Å²) in [5.41, 5.74) is 0.484. The number of hydrogen-bond acceptors (Lipinski definition) is 7. The van der Waals surface area contributed by atoms with Crippen molar-refractivity contribution in [2.75, 3.05) is 16.6 Å². The highest BCUT2D eigenvalue weighted by Crippen LogP contribution is 2.19. The Bertz CT molecular complexity index is 860. The largest absolute Gasteiger partial charge is 0.361 e. The summed E-state index contributed by atoms with van der Waals surface area (Å²) in [5.74, 6) is -0.0690. The number of benzene rings is 1. The Hall–Kier alpha value is -2.46. The van der Waals surface area contributed by atoms with E-state index in [-0.39, 0.29) is 22.7 Å². The van der Waals surface area contributed by atoms with E-state index in [1.54, 1.807) is 5.38 Å². The third-order valence-corrected chi connectivity index (χ3v) is 5.37. The van der Waals surface area contributed by atoms with Gasteiger partial charge in [0, 0.05) is 23.3 Å². The average molecular weight is 365 g/mol. The van der Waals surface area contributed by atoms with Crippen LogP contribution >= 0.6 is 11.3 Å². The van der Waals surface area contributed by atoms with Crippen molar-refractivity contribution in [2.45, 2.75) is 17.9 Å². The van der Waals surface area contributed by atoms with Crippen LogP contribution in [0.5, 0.6) is 0 Å². The molecule has 0 saturated heterocycles. The third-order valence-electron chi connectivity index (χ3n) is 3.20. The summed E-state index contributed by atoms with van der Waals surface area (Å²) in [4.78, 5) is 20.1. The van der Waals surface area contributed by atoms with E-state index in [2.05, 4.69) is 25.3 Å². The van der Waals surface area contributed by atoms with Crippen LogP contribution in [0.4, 0.5) is 10.8 Å². The van der Waals surface area contributed by atoms with E-state index < -0.39 is 10.0 Å². The molecule has 0 bridgehead atoms. The molecule has 126 valence electrons. The molecular weight excluding hydrogens is 350 g/mol. The van der Waals surface area contributed by atoms with Crippen LogP contribution in [0.3, 0.4) is 0 Å². The Morgan fingerprint density at radius 2 is 2.08 bits per heavy atom. The molecule has 1 atom stereocenters. The molecule has 1 aliphatic rings. The predicted molar refractivity (Wildman–Crippen MR) is 92.9 cm³/mol. The smallest absolute Gasteiger partial charge is 0.290 e. The van der Waals surface area contributed by atoms with Gasteiger partial charge in [0.1, 0.15) is 0 Å². The van der Waals surface area contributed by atoms with Crippen molar-refractivity contribution in [2.24, 2.45) is 4.99 Å². The quantitative estimate of drug-likeness (QED) is 0.739. The minimum Gasteiger partial charge on any atom is -0.361 e. The van der Waals surface area contributed by atoms with Gasteiger partial charge >= 0.3 is 0 Å². The highest BCUT2D eigenvalue weighted by atomic mass is 32.2. The maximum Gasteiger partial charge on any atom is 0.290 e. The third kappa shape index (κ3) is 3.71. The lowest BCUT2D eigenvalue weighted by molar-refractivity contribution is -0.110. The monoisotopic (exact) mass is 365 g/mol. The molecule has 3 rings (SSSR count). The Balaban J connectivity index is 1.68. The van der Waals surface area contributed by atoms with Gasteiger partial charge in [-0.05, 0) is 31.2 Å².